The maximum absolute atomic E-state index is 11.5. The summed E-state index contributed by atoms with van der Waals surface area (Å²) in [6, 6.07) is 2.25. The summed E-state index contributed by atoms with van der Waals surface area (Å²) in [7, 11) is -3.09. The minimum Gasteiger partial charge on any atom is -0.326 e. The molecule has 0 aromatic carbocycles. The third-order valence-electron chi connectivity index (χ3n) is 3.51. The molecule has 5 nitrogen and oxygen atoms in total. The van der Waals surface area contributed by atoms with Gasteiger partial charge in [0.05, 0.1) is 12.3 Å². The maximum atomic E-state index is 11.5. The minimum absolute atomic E-state index is 0.00494. The molecule has 2 N–H and O–H groups in total. The Morgan fingerprint density at radius 1 is 1.35 bits per heavy atom. The summed E-state index contributed by atoms with van der Waals surface area (Å²) in [6.45, 7) is 4.51. The fraction of sp³-hybridized carbons (Fsp3) is 0.667. The van der Waals surface area contributed by atoms with Crippen molar-refractivity contribution in [2.24, 2.45) is 5.73 Å². The molecule has 1 aliphatic rings. The number of piperazine rings is 1. The summed E-state index contributed by atoms with van der Waals surface area (Å²) >= 11 is 5.16. The second-order valence-electron chi connectivity index (χ2n) is 5.17. The van der Waals surface area contributed by atoms with Crippen LogP contribution >= 0.6 is 27.3 Å². The van der Waals surface area contributed by atoms with Gasteiger partial charge in [0.15, 0.2) is 0 Å². The second kappa shape index (κ2) is 6.41. The second-order valence-corrected chi connectivity index (χ2v) is 9.01. The van der Waals surface area contributed by atoms with Gasteiger partial charge in [-0.2, -0.15) is 4.31 Å². The Labute approximate surface area is 132 Å². The number of hydrogen-bond acceptors (Lipinski definition) is 5. The van der Waals surface area contributed by atoms with Crippen LogP contribution in [0.15, 0.2) is 15.9 Å². The van der Waals surface area contributed by atoms with E-state index in [-0.39, 0.29) is 12.1 Å². The van der Waals surface area contributed by atoms with Gasteiger partial charge in [-0.25, -0.2) is 8.42 Å². The Balaban J connectivity index is 2.10. The molecule has 114 valence electrons. The van der Waals surface area contributed by atoms with Crippen LogP contribution in [0.25, 0.3) is 0 Å². The normalized spacial score (nSPS) is 21.8. The van der Waals surface area contributed by atoms with E-state index in [1.807, 2.05) is 6.92 Å². The summed E-state index contributed by atoms with van der Waals surface area (Å²) in [6.07, 6.45) is 1.27. The first-order valence-corrected chi connectivity index (χ1v) is 10.00. The van der Waals surface area contributed by atoms with Gasteiger partial charge in [-0.1, -0.05) is 0 Å². The number of thiophene rings is 1. The van der Waals surface area contributed by atoms with Gasteiger partial charge in [-0.15, -0.1) is 11.3 Å². The molecule has 0 saturated carbocycles. The van der Waals surface area contributed by atoms with Crippen molar-refractivity contribution < 1.29 is 8.42 Å². The summed E-state index contributed by atoms with van der Waals surface area (Å²) in [4.78, 5) is 3.50. The Morgan fingerprint density at radius 2 is 1.95 bits per heavy atom. The molecule has 0 aliphatic carbocycles. The quantitative estimate of drug-likeness (QED) is 0.857. The van der Waals surface area contributed by atoms with E-state index >= 15 is 0 Å². The van der Waals surface area contributed by atoms with Gasteiger partial charge < -0.3 is 5.73 Å². The first kappa shape index (κ1) is 16.4. The summed E-state index contributed by atoms with van der Waals surface area (Å²) in [5.74, 6) is 0. The van der Waals surface area contributed by atoms with Crippen LogP contribution in [0.5, 0.6) is 0 Å². The molecule has 0 spiro atoms. The summed E-state index contributed by atoms with van der Waals surface area (Å²) < 4.78 is 25.7. The lowest BCUT2D eigenvalue weighted by Gasteiger charge is -2.39. The molecular formula is C12H20BrN3O2S2. The van der Waals surface area contributed by atoms with Gasteiger partial charge in [0.25, 0.3) is 0 Å². The number of rotatable bonds is 4. The Hall–Kier alpha value is 0.01000. The van der Waals surface area contributed by atoms with Gasteiger partial charge >= 0.3 is 0 Å². The predicted octanol–water partition coefficient (Wildman–Crippen LogP) is 1.48. The van der Waals surface area contributed by atoms with Gasteiger partial charge in [-0.05, 0) is 28.9 Å². The first-order chi connectivity index (χ1) is 9.29. The lowest BCUT2D eigenvalue weighted by Crippen LogP contribution is -2.51. The molecule has 20 heavy (non-hydrogen) atoms. The summed E-state index contributed by atoms with van der Waals surface area (Å²) in [5, 5.41) is 2.05. The number of nitrogens with two attached hydrogens (primary N) is 1. The highest BCUT2D eigenvalue weighted by Crippen LogP contribution is 2.32. The van der Waals surface area contributed by atoms with Crippen LogP contribution in [-0.4, -0.2) is 56.1 Å². The smallest absolute Gasteiger partial charge is 0.211 e. The van der Waals surface area contributed by atoms with E-state index in [2.05, 4.69) is 32.3 Å². The number of nitrogens with zero attached hydrogens (tertiary/aromatic N) is 2. The van der Waals surface area contributed by atoms with Gasteiger partial charge in [0, 0.05) is 47.0 Å². The molecule has 8 heteroatoms. The highest BCUT2D eigenvalue weighted by atomic mass is 79.9. The van der Waals surface area contributed by atoms with Crippen molar-refractivity contribution >= 4 is 37.3 Å². The number of hydrogen-bond donors (Lipinski definition) is 1. The fourth-order valence-corrected chi connectivity index (χ4v) is 5.09. The SMILES string of the molecule is CC(N)C(c1cc(Br)cs1)N1CCN(S(C)(=O)=O)CC1. The minimum atomic E-state index is -3.09. The van der Waals surface area contributed by atoms with Crippen LogP contribution in [0.2, 0.25) is 0 Å². The van der Waals surface area contributed by atoms with Gasteiger partial charge in [0.1, 0.15) is 0 Å². The van der Waals surface area contributed by atoms with Crippen molar-refractivity contribution in [1.82, 2.24) is 9.21 Å². The largest absolute Gasteiger partial charge is 0.326 e. The molecule has 2 unspecified atom stereocenters. The first-order valence-electron chi connectivity index (χ1n) is 6.47. The van der Waals surface area contributed by atoms with Crippen LogP contribution in [0.4, 0.5) is 0 Å². The highest BCUT2D eigenvalue weighted by molar-refractivity contribution is 9.10. The van der Waals surface area contributed by atoms with E-state index in [4.69, 9.17) is 5.73 Å². The molecule has 1 aliphatic heterocycles. The number of halogens is 1. The van der Waals surface area contributed by atoms with E-state index in [1.165, 1.54) is 15.4 Å². The van der Waals surface area contributed by atoms with Crippen molar-refractivity contribution in [3.8, 4) is 0 Å². The lowest BCUT2D eigenvalue weighted by molar-refractivity contribution is 0.126. The monoisotopic (exact) mass is 381 g/mol. The van der Waals surface area contributed by atoms with Crippen LogP contribution in [-0.2, 0) is 10.0 Å². The summed E-state index contributed by atoms with van der Waals surface area (Å²) in [5.41, 5.74) is 6.15. The molecule has 0 amide bonds. The zero-order valence-electron chi connectivity index (χ0n) is 11.6. The molecule has 2 rings (SSSR count). The molecule has 1 fully saturated rings. The van der Waals surface area contributed by atoms with Crippen LogP contribution in [0.1, 0.15) is 17.8 Å². The van der Waals surface area contributed by atoms with Crippen LogP contribution < -0.4 is 5.73 Å². The Morgan fingerprint density at radius 3 is 2.35 bits per heavy atom. The van der Waals surface area contributed by atoms with E-state index in [9.17, 15) is 8.42 Å². The van der Waals surface area contributed by atoms with E-state index in [0.29, 0.717) is 13.1 Å². The number of sulfonamides is 1. The average molecular weight is 382 g/mol. The van der Waals surface area contributed by atoms with E-state index in [1.54, 1.807) is 11.3 Å². The van der Waals surface area contributed by atoms with Gasteiger partial charge in [0.2, 0.25) is 10.0 Å². The van der Waals surface area contributed by atoms with Crippen molar-refractivity contribution in [2.75, 3.05) is 32.4 Å². The van der Waals surface area contributed by atoms with Crippen molar-refractivity contribution in [3.05, 3.63) is 20.8 Å². The molecule has 2 atom stereocenters. The standard InChI is InChI=1S/C12H20BrN3O2S2/c1-9(14)12(11-7-10(13)8-19-11)15-3-5-16(6-4-15)20(2,17)18/h7-9,12H,3-6,14H2,1-2H3. The van der Waals surface area contributed by atoms with Gasteiger partial charge in [-0.3, -0.25) is 4.90 Å². The van der Waals surface area contributed by atoms with E-state index in [0.717, 1.165) is 17.6 Å². The zero-order chi connectivity index (χ0) is 14.9. The molecule has 2 heterocycles. The third kappa shape index (κ3) is 3.80. The van der Waals surface area contributed by atoms with Crippen LogP contribution in [0, 0.1) is 0 Å². The van der Waals surface area contributed by atoms with Crippen molar-refractivity contribution in [1.29, 1.82) is 0 Å². The van der Waals surface area contributed by atoms with Crippen LogP contribution in [0.3, 0.4) is 0 Å². The van der Waals surface area contributed by atoms with Crippen molar-refractivity contribution in [3.63, 3.8) is 0 Å². The lowest BCUT2D eigenvalue weighted by atomic mass is 10.1. The molecule has 0 radical (unpaired) electrons. The zero-order valence-corrected chi connectivity index (χ0v) is 14.8. The topological polar surface area (TPSA) is 66.6 Å². The molecule has 1 aromatic heterocycles. The average Bonchev–Trinajstić information content (AvgIpc) is 2.75. The maximum Gasteiger partial charge on any atom is 0.211 e. The molecule has 1 aromatic rings. The van der Waals surface area contributed by atoms with Crippen molar-refractivity contribution in [2.45, 2.75) is 19.0 Å². The molecular weight excluding hydrogens is 362 g/mol. The predicted molar refractivity (Wildman–Crippen MR) is 86.4 cm³/mol. The Bertz CT molecular complexity index is 551. The third-order valence-corrected chi connectivity index (χ3v) is 6.58. The molecule has 0 bridgehead atoms. The fourth-order valence-electron chi connectivity index (χ4n) is 2.57. The molecule has 1 saturated heterocycles. The Kier molecular flexibility index (Phi) is 5.25. The highest BCUT2D eigenvalue weighted by Gasteiger charge is 2.31. The van der Waals surface area contributed by atoms with E-state index < -0.39 is 10.0 Å².